The number of likely N-dealkylation sites (tertiary alicyclic amines) is 1. The molecule has 19 heavy (non-hydrogen) atoms. The molecular weight excluding hydrogens is 238 g/mol. The first kappa shape index (κ1) is 14.3. The molecule has 1 aromatic heterocycles. The van der Waals surface area contributed by atoms with Crippen molar-refractivity contribution in [1.82, 2.24) is 9.88 Å². The van der Waals surface area contributed by atoms with Gasteiger partial charge in [0.05, 0.1) is 11.3 Å². The molecule has 0 radical (unpaired) electrons. The van der Waals surface area contributed by atoms with Crippen LogP contribution in [0.15, 0.2) is 18.3 Å². The minimum Gasteiger partial charge on any atom is -0.390 e. The van der Waals surface area contributed by atoms with Gasteiger partial charge in [-0.2, -0.15) is 0 Å². The molecule has 0 aliphatic carbocycles. The highest BCUT2D eigenvalue weighted by molar-refractivity contribution is 5.43. The molecule has 1 fully saturated rings. The second kappa shape index (κ2) is 6.35. The summed E-state index contributed by atoms with van der Waals surface area (Å²) in [7, 11) is 0. The molecule has 2 heterocycles. The van der Waals surface area contributed by atoms with Crippen LogP contribution in [0.25, 0.3) is 0 Å². The third kappa shape index (κ3) is 4.48. The van der Waals surface area contributed by atoms with Crippen LogP contribution < -0.4 is 5.32 Å². The van der Waals surface area contributed by atoms with Gasteiger partial charge in [0.15, 0.2) is 0 Å². The van der Waals surface area contributed by atoms with Gasteiger partial charge >= 0.3 is 0 Å². The lowest BCUT2D eigenvalue weighted by molar-refractivity contribution is -0.00757. The van der Waals surface area contributed by atoms with Crippen LogP contribution in [0.5, 0.6) is 0 Å². The SMILES string of the molecule is CCCNc1ccnc(CN2CCC(C)(O)CC2)c1. The monoisotopic (exact) mass is 263 g/mol. The number of hydrogen-bond acceptors (Lipinski definition) is 4. The Balaban J connectivity index is 1.89. The van der Waals surface area contributed by atoms with E-state index >= 15 is 0 Å². The molecule has 1 aromatic rings. The molecule has 1 aliphatic rings. The van der Waals surface area contributed by atoms with E-state index in [-0.39, 0.29) is 0 Å². The highest BCUT2D eigenvalue weighted by Gasteiger charge is 2.27. The number of piperidine rings is 1. The normalized spacial score (nSPS) is 19.3. The minimum absolute atomic E-state index is 0.478. The number of aliphatic hydroxyl groups is 1. The maximum Gasteiger partial charge on any atom is 0.0644 e. The molecule has 4 heteroatoms. The zero-order valence-corrected chi connectivity index (χ0v) is 12.0. The van der Waals surface area contributed by atoms with E-state index in [1.165, 1.54) is 0 Å². The number of nitrogens with one attached hydrogen (secondary N) is 1. The van der Waals surface area contributed by atoms with Gasteiger partial charge in [-0.25, -0.2) is 0 Å². The number of aromatic nitrogens is 1. The summed E-state index contributed by atoms with van der Waals surface area (Å²) in [5.41, 5.74) is 1.77. The molecule has 0 atom stereocenters. The Labute approximate surface area is 115 Å². The summed E-state index contributed by atoms with van der Waals surface area (Å²) < 4.78 is 0. The second-order valence-electron chi connectivity index (χ2n) is 5.74. The van der Waals surface area contributed by atoms with Crippen LogP contribution in [0.4, 0.5) is 5.69 Å². The average molecular weight is 263 g/mol. The standard InChI is InChI=1S/C15H25N3O/c1-3-7-16-13-4-8-17-14(11-13)12-18-9-5-15(2,19)6-10-18/h4,8,11,19H,3,5-7,9-10,12H2,1-2H3,(H,16,17). The lowest BCUT2D eigenvalue weighted by Gasteiger charge is -2.35. The van der Waals surface area contributed by atoms with Gasteiger partial charge in [-0.1, -0.05) is 6.92 Å². The summed E-state index contributed by atoms with van der Waals surface area (Å²) in [6.07, 6.45) is 4.69. The van der Waals surface area contributed by atoms with E-state index in [2.05, 4.69) is 28.2 Å². The van der Waals surface area contributed by atoms with Crippen LogP contribution in [0.3, 0.4) is 0 Å². The summed E-state index contributed by atoms with van der Waals surface area (Å²) in [6, 6.07) is 4.14. The van der Waals surface area contributed by atoms with Crippen molar-refractivity contribution in [1.29, 1.82) is 0 Å². The Morgan fingerprint density at radius 2 is 2.16 bits per heavy atom. The van der Waals surface area contributed by atoms with Crippen LogP contribution in [0, 0.1) is 0 Å². The van der Waals surface area contributed by atoms with Gasteiger partial charge < -0.3 is 10.4 Å². The molecule has 0 unspecified atom stereocenters. The number of hydrogen-bond donors (Lipinski definition) is 2. The summed E-state index contributed by atoms with van der Waals surface area (Å²) in [5.74, 6) is 0. The number of anilines is 1. The highest BCUT2D eigenvalue weighted by atomic mass is 16.3. The molecule has 106 valence electrons. The largest absolute Gasteiger partial charge is 0.390 e. The summed E-state index contributed by atoms with van der Waals surface area (Å²) in [4.78, 5) is 6.80. The Morgan fingerprint density at radius 1 is 1.42 bits per heavy atom. The molecule has 0 saturated carbocycles. The molecule has 4 nitrogen and oxygen atoms in total. The molecule has 1 saturated heterocycles. The van der Waals surface area contributed by atoms with Crippen molar-refractivity contribution in [3.05, 3.63) is 24.0 Å². The Kier molecular flexibility index (Phi) is 4.77. The first-order valence-electron chi connectivity index (χ1n) is 7.22. The van der Waals surface area contributed by atoms with Crippen molar-refractivity contribution >= 4 is 5.69 Å². The Hall–Kier alpha value is -1.13. The summed E-state index contributed by atoms with van der Waals surface area (Å²) in [6.45, 7) is 7.85. The third-order valence-corrected chi connectivity index (χ3v) is 3.71. The number of pyridine rings is 1. The van der Waals surface area contributed by atoms with E-state index in [9.17, 15) is 5.11 Å². The first-order valence-corrected chi connectivity index (χ1v) is 7.22. The van der Waals surface area contributed by atoms with Crippen molar-refractivity contribution in [2.75, 3.05) is 25.0 Å². The van der Waals surface area contributed by atoms with Crippen LogP contribution >= 0.6 is 0 Å². The van der Waals surface area contributed by atoms with Gasteiger partial charge in [0, 0.05) is 38.1 Å². The maximum absolute atomic E-state index is 9.95. The van der Waals surface area contributed by atoms with Crippen LogP contribution in [0.2, 0.25) is 0 Å². The molecule has 2 N–H and O–H groups in total. The van der Waals surface area contributed by atoms with E-state index in [1.807, 2.05) is 19.2 Å². The van der Waals surface area contributed by atoms with E-state index in [0.717, 1.165) is 56.8 Å². The van der Waals surface area contributed by atoms with Gasteiger partial charge in [-0.3, -0.25) is 9.88 Å². The predicted molar refractivity (Wildman–Crippen MR) is 78.2 cm³/mol. The summed E-state index contributed by atoms with van der Waals surface area (Å²) in [5, 5.41) is 13.3. The van der Waals surface area contributed by atoms with Gasteiger partial charge in [0.2, 0.25) is 0 Å². The number of nitrogens with zero attached hydrogens (tertiary/aromatic N) is 2. The number of rotatable bonds is 5. The fraction of sp³-hybridized carbons (Fsp3) is 0.667. The summed E-state index contributed by atoms with van der Waals surface area (Å²) >= 11 is 0. The van der Waals surface area contributed by atoms with E-state index < -0.39 is 5.60 Å². The van der Waals surface area contributed by atoms with Gasteiger partial charge in [-0.05, 0) is 38.3 Å². The zero-order chi connectivity index (χ0) is 13.7. The predicted octanol–water partition coefficient (Wildman–Crippen LogP) is 2.25. The van der Waals surface area contributed by atoms with Gasteiger partial charge in [0.25, 0.3) is 0 Å². The first-order chi connectivity index (χ1) is 9.09. The molecule has 1 aliphatic heterocycles. The fourth-order valence-electron chi connectivity index (χ4n) is 2.37. The van der Waals surface area contributed by atoms with Crippen molar-refractivity contribution in [2.45, 2.75) is 45.3 Å². The lowest BCUT2D eigenvalue weighted by Crippen LogP contribution is -2.42. The average Bonchev–Trinajstić information content (AvgIpc) is 2.39. The zero-order valence-electron chi connectivity index (χ0n) is 12.0. The molecule has 0 amide bonds. The Bertz CT molecular complexity index is 396. The van der Waals surface area contributed by atoms with Crippen molar-refractivity contribution in [3.63, 3.8) is 0 Å². The third-order valence-electron chi connectivity index (χ3n) is 3.71. The smallest absolute Gasteiger partial charge is 0.0644 e. The molecule has 2 rings (SSSR count). The van der Waals surface area contributed by atoms with Gasteiger partial charge in [-0.15, -0.1) is 0 Å². The lowest BCUT2D eigenvalue weighted by atomic mass is 9.94. The van der Waals surface area contributed by atoms with Crippen molar-refractivity contribution in [2.24, 2.45) is 0 Å². The second-order valence-corrected chi connectivity index (χ2v) is 5.74. The van der Waals surface area contributed by atoms with Crippen molar-refractivity contribution < 1.29 is 5.11 Å². The minimum atomic E-state index is -0.478. The van der Waals surface area contributed by atoms with Crippen LogP contribution in [-0.4, -0.2) is 40.2 Å². The van der Waals surface area contributed by atoms with E-state index in [0.29, 0.717) is 0 Å². The topological polar surface area (TPSA) is 48.4 Å². The van der Waals surface area contributed by atoms with E-state index in [4.69, 9.17) is 0 Å². The van der Waals surface area contributed by atoms with E-state index in [1.54, 1.807) is 0 Å². The van der Waals surface area contributed by atoms with Gasteiger partial charge in [0.1, 0.15) is 0 Å². The molecule has 0 aromatic carbocycles. The highest BCUT2D eigenvalue weighted by Crippen LogP contribution is 2.22. The molecular formula is C15H25N3O. The fourth-order valence-corrected chi connectivity index (χ4v) is 2.37. The molecule has 0 bridgehead atoms. The van der Waals surface area contributed by atoms with Crippen LogP contribution in [-0.2, 0) is 6.54 Å². The maximum atomic E-state index is 9.95. The van der Waals surface area contributed by atoms with Crippen LogP contribution in [0.1, 0.15) is 38.8 Å². The Morgan fingerprint density at radius 3 is 2.84 bits per heavy atom. The van der Waals surface area contributed by atoms with Crippen molar-refractivity contribution in [3.8, 4) is 0 Å². The molecule has 0 spiro atoms. The quantitative estimate of drug-likeness (QED) is 0.855.